The summed E-state index contributed by atoms with van der Waals surface area (Å²) in [5.41, 5.74) is -0.0264. The van der Waals surface area contributed by atoms with Crippen molar-refractivity contribution in [2.24, 2.45) is 5.41 Å². The number of hydrogen-bond donors (Lipinski definition) is 0. The quantitative estimate of drug-likeness (QED) is 0.573. The summed E-state index contributed by atoms with van der Waals surface area (Å²) in [4.78, 5) is 12.1. The van der Waals surface area contributed by atoms with Crippen LogP contribution in [0.15, 0.2) is 11.6 Å². The van der Waals surface area contributed by atoms with Crippen molar-refractivity contribution in [1.29, 1.82) is 0 Å². The summed E-state index contributed by atoms with van der Waals surface area (Å²) in [7, 11) is -1.96. The van der Waals surface area contributed by atoms with E-state index in [0.717, 1.165) is 0 Å². The molecule has 1 aliphatic carbocycles. The van der Waals surface area contributed by atoms with Gasteiger partial charge in [0.2, 0.25) is 0 Å². The summed E-state index contributed by atoms with van der Waals surface area (Å²) >= 11 is 0. The molecule has 1 aliphatic rings. The SMILES string of the molecule is CCOC(=O)C1=CC(C)(C)C1(C)O[Si](C)(C)C(C)(C)C. The molecule has 0 aromatic carbocycles. The van der Waals surface area contributed by atoms with E-state index in [1.165, 1.54) is 0 Å². The second-order valence-corrected chi connectivity index (χ2v) is 12.6. The number of carbonyl (C=O) groups excluding carboxylic acids is 1. The molecule has 3 nitrogen and oxygen atoms in total. The van der Waals surface area contributed by atoms with Gasteiger partial charge >= 0.3 is 5.97 Å². The highest BCUT2D eigenvalue weighted by atomic mass is 28.4. The summed E-state index contributed by atoms with van der Waals surface area (Å²) in [6.07, 6.45) is 1.98. The Hall–Kier alpha value is -0.613. The van der Waals surface area contributed by atoms with Crippen LogP contribution in [0.3, 0.4) is 0 Å². The van der Waals surface area contributed by atoms with E-state index in [4.69, 9.17) is 9.16 Å². The first-order valence-electron chi connectivity index (χ1n) is 7.39. The van der Waals surface area contributed by atoms with E-state index in [9.17, 15) is 4.79 Å². The predicted molar refractivity (Wildman–Crippen MR) is 85.2 cm³/mol. The van der Waals surface area contributed by atoms with Gasteiger partial charge in [0.05, 0.1) is 17.8 Å². The first-order valence-corrected chi connectivity index (χ1v) is 10.3. The average molecular weight is 298 g/mol. The third-order valence-corrected chi connectivity index (χ3v) is 9.54. The second-order valence-electron chi connectivity index (χ2n) is 7.90. The molecule has 4 heteroatoms. The van der Waals surface area contributed by atoms with Crippen molar-refractivity contribution in [2.75, 3.05) is 6.61 Å². The lowest BCUT2D eigenvalue weighted by atomic mass is 9.61. The van der Waals surface area contributed by atoms with Crippen LogP contribution in [0, 0.1) is 5.41 Å². The van der Waals surface area contributed by atoms with Gasteiger partial charge in [-0.2, -0.15) is 0 Å². The summed E-state index contributed by atoms with van der Waals surface area (Å²) < 4.78 is 11.8. The Morgan fingerprint density at radius 3 is 2.10 bits per heavy atom. The van der Waals surface area contributed by atoms with Crippen LogP contribution in [0.2, 0.25) is 18.1 Å². The molecule has 116 valence electrons. The zero-order valence-electron chi connectivity index (χ0n) is 14.5. The molecule has 0 aromatic heterocycles. The molecule has 1 rings (SSSR count). The van der Waals surface area contributed by atoms with E-state index >= 15 is 0 Å². The molecule has 1 unspecified atom stereocenters. The minimum atomic E-state index is -1.96. The van der Waals surface area contributed by atoms with Crippen molar-refractivity contribution in [2.45, 2.75) is 72.2 Å². The molecule has 20 heavy (non-hydrogen) atoms. The summed E-state index contributed by atoms with van der Waals surface area (Å²) in [5, 5.41) is 0.113. The normalized spacial score (nSPS) is 25.8. The van der Waals surface area contributed by atoms with Gasteiger partial charge in [-0.05, 0) is 32.0 Å². The van der Waals surface area contributed by atoms with Crippen LogP contribution in [0.1, 0.15) is 48.5 Å². The van der Waals surface area contributed by atoms with Crippen molar-refractivity contribution in [3.05, 3.63) is 11.6 Å². The largest absolute Gasteiger partial charge is 0.463 e. The van der Waals surface area contributed by atoms with Crippen LogP contribution in [0.4, 0.5) is 0 Å². The van der Waals surface area contributed by atoms with Gasteiger partial charge in [-0.15, -0.1) is 0 Å². The average Bonchev–Trinajstić information content (AvgIpc) is 2.24. The third kappa shape index (κ3) is 2.73. The predicted octanol–water partition coefficient (Wildman–Crippen LogP) is 4.30. The Bertz CT molecular complexity index is 429. The van der Waals surface area contributed by atoms with Gasteiger partial charge in [-0.3, -0.25) is 0 Å². The lowest BCUT2D eigenvalue weighted by molar-refractivity contribution is -0.144. The maximum atomic E-state index is 12.1. The van der Waals surface area contributed by atoms with Gasteiger partial charge in [-0.25, -0.2) is 4.79 Å². The number of carbonyl (C=O) groups is 1. The monoisotopic (exact) mass is 298 g/mol. The standard InChI is InChI=1S/C16H30O3Si/c1-10-18-13(17)12-11-15(5,6)16(12,7)19-20(8,9)14(2,3)4/h11H,10H2,1-9H3. The highest BCUT2D eigenvalue weighted by molar-refractivity contribution is 6.74. The number of ether oxygens (including phenoxy) is 1. The molecule has 0 bridgehead atoms. The molecular formula is C16H30O3Si. The van der Waals surface area contributed by atoms with Crippen molar-refractivity contribution in [3.63, 3.8) is 0 Å². The Morgan fingerprint density at radius 2 is 1.75 bits per heavy atom. The number of esters is 1. The fraction of sp³-hybridized carbons (Fsp3) is 0.812. The van der Waals surface area contributed by atoms with Gasteiger partial charge in [-0.1, -0.05) is 40.7 Å². The van der Waals surface area contributed by atoms with Crippen molar-refractivity contribution in [3.8, 4) is 0 Å². The van der Waals surface area contributed by atoms with Crippen molar-refractivity contribution >= 4 is 14.3 Å². The van der Waals surface area contributed by atoms with E-state index in [1.54, 1.807) is 0 Å². The van der Waals surface area contributed by atoms with Gasteiger partial charge in [0, 0.05) is 5.41 Å². The lowest BCUT2D eigenvalue weighted by Crippen LogP contribution is -2.61. The highest BCUT2D eigenvalue weighted by Gasteiger charge is 2.58. The van der Waals surface area contributed by atoms with Gasteiger partial charge in [0.1, 0.15) is 0 Å². The Kier molecular flexibility index (Phi) is 4.35. The number of hydrogen-bond acceptors (Lipinski definition) is 3. The van der Waals surface area contributed by atoms with Crippen LogP contribution in [0.5, 0.6) is 0 Å². The minimum absolute atomic E-state index is 0.113. The first-order chi connectivity index (χ1) is 8.78. The molecule has 0 radical (unpaired) electrons. The molecule has 0 saturated carbocycles. The molecule has 0 aromatic rings. The van der Waals surface area contributed by atoms with Gasteiger partial charge in [0.25, 0.3) is 0 Å². The summed E-state index contributed by atoms with van der Waals surface area (Å²) in [6.45, 7) is 19.5. The van der Waals surface area contributed by atoms with Gasteiger partial charge in [0.15, 0.2) is 8.32 Å². The van der Waals surface area contributed by atoms with Gasteiger partial charge < -0.3 is 9.16 Å². The molecule has 0 saturated heterocycles. The van der Waals surface area contributed by atoms with E-state index in [-0.39, 0.29) is 16.4 Å². The molecule has 0 N–H and O–H groups in total. The Morgan fingerprint density at radius 1 is 1.25 bits per heavy atom. The molecule has 0 spiro atoms. The van der Waals surface area contributed by atoms with E-state index in [2.05, 4.69) is 47.7 Å². The van der Waals surface area contributed by atoms with Crippen LogP contribution < -0.4 is 0 Å². The maximum Gasteiger partial charge on any atom is 0.336 e. The molecule has 1 atom stereocenters. The Labute approximate surface area is 124 Å². The Balaban J connectivity index is 3.08. The molecular weight excluding hydrogens is 268 g/mol. The minimum Gasteiger partial charge on any atom is -0.463 e. The fourth-order valence-electron chi connectivity index (χ4n) is 2.22. The van der Waals surface area contributed by atoms with Crippen LogP contribution in [0.25, 0.3) is 0 Å². The van der Waals surface area contributed by atoms with Crippen LogP contribution in [-0.4, -0.2) is 26.5 Å². The number of rotatable bonds is 4. The zero-order valence-corrected chi connectivity index (χ0v) is 15.5. The summed E-state index contributed by atoms with van der Waals surface area (Å²) in [5.74, 6) is -0.243. The summed E-state index contributed by atoms with van der Waals surface area (Å²) in [6, 6.07) is 0. The lowest BCUT2D eigenvalue weighted by Gasteiger charge is -2.56. The van der Waals surface area contributed by atoms with Crippen LogP contribution in [-0.2, 0) is 14.0 Å². The zero-order chi connectivity index (χ0) is 16.0. The maximum absolute atomic E-state index is 12.1. The molecule has 0 amide bonds. The molecule has 0 fully saturated rings. The van der Waals surface area contributed by atoms with E-state index in [0.29, 0.717) is 12.2 Å². The fourth-order valence-corrected chi connectivity index (χ4v) is 3.92. The van der Waals surface area contributed by atoms with E-state index in [1.807, 2.05) is 19.9 Å². The molecule has 0 heterocycles. The van der Waals surface area contributed by atoms with E-state index < -0.39 is 13.9 Å². The third-order valence-electron chi connectivity index (χ3n) is 5.01. The highest BCUT2D eigenvalue weighted by Crippen LogP contribution is 2.54. The molecule has 0 aliphatic heterocycles. The second kappa shape index (κ2) is 4.99. The van der Waals surface area contributed by atoms with Crippen molar-refractivity contribution < 1.29 is 14.0 Å². The van der Waals surface area contributed by atoms with Crippen LogP contribution >= 0.6 is 0 Å². The first kappa shape index (κ1) is 17.4. The topological polar surface area (TPSA) is 35.5 Å². The smallest absolute Gasteiger partial charge is 0.336 e. The van der Waals surface area contributed by atoms with Crippen molar-refractivity contribution in [1.82, 2.24) is 0 Å².